The summed E-state index contributed by atoms with van der Waals surface area (Å²) >= 11 is 1.47. The van der Waals surface area contributed by atoms with Crippen LogP contribution < -0.4 is 10.1 Å². The zero-order valence-electron chi connectivity index (χ0n) is 13.6. The minimum Gasteiger partial charge on any atom is -0.485 e. The molecule has 2 aromatic rings. The second-order valence-electron chi connectivity index (χ2n) is 6.52. The third-order valence-corrected chi connectivity index (χ3v) is 5.72. The van der Waals surface area contributed by atoms with Crippen LogP contribution in [0.2, 0.25) is 0 Å². The highest BCUT2D eigenvalue weighted by atomic mass is 32.1. The van der Waals surface area contributed by atoms with E-state index < -0.39 is 0 Å². The van der Waals surface area contributed by atoms with Crippen LogP contribution in [0.4, 0.5) is 0 Å². The number of fused-ring (bicyclic) bond motifs is 1. The van der Waals surface area contributed by atoms with Crippen LogP contribution in [-0.2, 0) is 6.54 Å². The van der Waals surface area contributed by atoms with Gasteiger partial charge >= 0.3 is 0 Å². The Labute approximate surface area is 145 Å². The van der Waals surface area contributed by atoms with Gasteiger partial charge in [-0.3, -0.25) is 9.69 Å². The number of hydrogen-bond donors (Lipinski definition) is 1. The van der Waals surface area contributed by atoms with Crippen LogP contribution in [0, 0.1) is 6.92 Å². The number of aromatic nitrogens is 2. The van der Waals surface area contributed by atoms with Crippen molar-refractivity contribution < 1.29 is 9.53 Å². The highest BCUT2D eigenvalue weighted by Gasteiger charge is 2.40. The number of piperidine rings is 1. The van der Waals surface area contributed by atoms with E-state index in [1.807, 2.05) is 31.2 Å². The van der Waals surface area contributed by atoms with E-state index in [0.717, 1.165) is 38.2 Å². The predicted octanol–water partition coefficient (Wildman–Crippen LogP) is 2.00. The zero-order chi connectivity index (χ0) is 16.6. The Hall–Kier alpha value is -1.99. The summed E-state index contributed by atoms with van der Waals surface area (Å²) in [7, 11) is 0. The van der Waals surface area contributed by atoms with Gasteiger partial charge in [-0.05, 0) is 30.6 Å². The Balaban J connectivity index is 1.47. The molecule has 4 rings (SSSR count). The lowest BCUT2D eigenvalue weighted by molar-refractivity contribution is 0.00415. The molecular formula is C17H20N4O2S. The van der Waals surface area contributed by atoms with Crippen LogP contribution in [-0.4, -0.2) is 45.6 Å². The van der Waals surface area contributed by atoms with Crippen LogP contribution in [0.25, 0.3) is 0 Å². The van der Waals surface area contributed by atoms with E-state index in [-0.39, 0.29) is 11.5 Å². The minimum atomic E-state index is -0.306. The lowest BCUT2D eigenvalue weighted by Gasteiger charge is -2.41. The van der Waals surface area contributed by atoms with Crippen LogP contribution in [0.3, 0.4) is 0 Å². The first-order chi connectivity index (χ1) is 11.7. The van der Waals surface area contributed by atoms with Crippen molar-refractivity contribution in [3.8, 4) is 5.75 Å². The number of carbonyl (C=O) groups excluding carboxylic acids is 1. The number of nitrogens with zero attached hydrogens (tertiary/aromatic N) is 3. The highest BCUT2D eigenvalue weighted by Crippen LogP contribution is 2.33. The van der Waals surface area contributed by atoms with Crippen molar-refractivity contribution in [1.82, 2.24) is 19.8 Å². The third-order valence-electron chi connectivity index (χ3n) is 4.91. The van der Waals surface area contributed by atoms with Crippen LogP contribution in [0.5, 0.6) is 5.75 Å². The monoisotopic (exact) mass is 344 g/mol. The first-order valence-electron chi connectivity index (χ1n) is 8.22. The molecule has 7 heteroatoms. The van der Waals surface area contributed by atoms with Crippen LogP contribution >= 0.6 is 11.5 Å². The third kappa shape index (κ3) is 2.89. The van der Waals surface area contributed by atoms with Crippen molar-refractivity contribution in [1.29, 1.82) is 0 Å². The summed E-state index contributed by atoms with van der Waals surface area (Å²) in [5.41, 5.74) is 1.34. The number of amides is 1. The van der Waals surface area contributed by atoms with Gasteiger partial charge in [-0.25, -0.2) is 0 Å². The molecule has 1 spiro atoms. The molecule has 2 aliphatic heterocycles. The largest absolute Gasteiger partial charge is 0.485 e. The van der Waals surface area contributed by atoms with Crippen molar-refractivity contribution in [2.45, 2.75) is 31.9 Å². The van der Waals surface area contributed by atoms with Gasteiger partial charge in [0, 0.05) is 32.5 Å². The maximum Gasteiger partial charge on any atom is 0.255 e. The standard InChI is InChI=1S/C17H20N4O2S/c1-12-15(24-20-19-12)10-21-8-6-17(7-9-21)11-18-16(22)13-4-2-3-5-14(13)23-17/h2-5H,6-11H2,1H3,(H,18,22). The maximum atomic E-state index is 12.2. The number of ether oxygens (including phenoxy) is 1. The molecule has 24 heavy (non-hydrogen) atoms. The van der Waals surface area contributed by atoms with Gasteiger partial charge in [0.05, 0.1) is 22.7 Å². The minimum absolute atomic E-state index is 0.0451. The van der Waals surface area contributed by atoms with Gasteiger partial charge in [0.15, 0.2) is 0 Å². The SMILES string of the molecule is Cc1nnsc1CN1CCC2(CC1)CNC(=O)c1ccccc1O2. The number of rotatable bonds is 2. The molecule has 0 unspecified atom stereocenters. The van der Waals surface area contributed by atoms with Gasteiger partial charge in [0.1, 0.15) is 11.4 Å². The maximum absolute atomic E-state index is 12.2. The first kappa shape index (κ1) is 15.5. The quantitative estimate of drug-likeness (QED) is 0.903. The van der Waals surface area contributed by atoms with E-state index in [4.69, 9.17) is 4.74 Å². The molecule has 1 aromatic heterocycles. The molecule has 0 atom stereocenters. The number of likely N-dealkylation sites (tertiary alicyclic amines) is 1. The molecule has 6 nitrogen and oxygen atoms in total. The fourth-order valence-electron chi connectivity index (χ4n) is 3.35. The number of nitrogens with one attached hydrogen (secondary N) is 1. The molecule has 1 N–H and O–H groups in total. The lowest BCUT2D eigenvalue weighted by atomic mass is 9.91. The molecule has 0 radical (unpaired) electrons. The first-order valence-corrected chi connectivity index (χ1v) is 8.99. The number of hydrogen-bond acceptors (Lipinski definition) is 6. The zero-order valence-corrected chi connectivity index (χ0v) is 14.4. The van der Waals surface area contributed by atoms with E-state index >= 15 is 0 Å². The molecule has 3 heterocycles. The average Bonchev–Trinajstić information content (AvgIpc) is 2.94. The lowest BCUT2D eigenvalue weighted by Crippen LogP contribution is -2.52. The van der Waals surface area contributed by atoms with Crippen LogP contribution in [0.1, 0.15) is 33.8 Å². The van der Waals surface area contributed by atoms with Gasteiger partial charge < -0.3 is 10.1 Å². The molecule has 0 saturated carbocycles. The Morgan fingerprint density at radius 2 is 2.12 bits per heavy atom. The predicted molar refractivity (Wildman–Crippen MR) is 91.3 cm³/mol. The van der Waals surface area contributed by atoms with Crippen molar-refractivity contribution in [3.63, 3.8) is 0 Å². The number of benzene rings is 1. The molecule has 1 saturated heterocycles. The number of carbonyl (C=O) groups is 1. The average molecular weight is 344 g/mol. The van der Waals surface area contributed by atoms with Crippen molar-refractivity contribution in [2.75, 3.05) is 19.6 Å². The molecular weight excluding hydrogens is 324 g/mol. The molecule has 2 aliphatic rings. The Bertz CT molecular complexity index is 753. The molecule has 126 valence electrons. The Morgan fingerprint density at radius 3 is 2.88 bits per heavy atom. The second kappa shape index (κ2) is 6.14. The summed E-state index contributed by atoms with van der Waals surface area (Å²) in [6.07, 6.45) is 1.79. The summed E-state index contributed by atoms with van der Waals surface area (Å²) in [6, 6.07) is 7.49. The van der Waals surface area contributed by atoms with E-state index in [1.54, 1.807) is 0 Å². The fraction of sp³-hybridized carbons (Fsp3) is 0.471. The smallest absolute Gasteiger partial charge is 0.255 e. The number of para-hydroxylation sites is 1. The summed E-state index contributed by atoms with van der Waals surface area (Å²) in [5, 5.41) is 7.11. The number of aryl methyl sites for hydroxylation is 1. The fourth-order valence-corrected chi connectivity index (χ4v) is 4.02. The van der Waals surface area contributed by atoms with Gasteiger partial charge in [-0.1, -0.05) is 16.6 Å². The Kier molecular flexibility index (Phi) is 3.97. The molecule has 0 aliphatic carbocycles. The van der Waals surface area contributed by atoms with E-state index in [1.165, 1.54) is 16.4 Å². The summed E-state index contributed by atoms with van der Waals surface area (Å²) in [6.45, 7) is 5.34. The van der Waals surface area contributed by atoms with Gasteiger partial charge in [0.25, 0.3) is 5.91 Å². The molecule has 0 bridgehead atoms. The van der Waals surface area contributed by atoms with Gasteiger partial charge in [0.2, 0.25) is 0 Å². The molecule has 1 fully saturated rings. The topological polar surface area (TPSA) is 67.4 Å². The van der Waals surface area contributed by atoms with Gasteiger partial charge in [-0.15, -0.1) is 5.10 Å². The summed E-state index contributed by atoms with van der Waals surface area (Å²) in [5.74, 6) is 0.653. The normalized spacial score (nSPS) is 20.1. The highest BCUT2D eigenvalue weighted by molar-refractivity contribution is 7.05. The Morgan fingerprint density at radius 1 is 1.33 bits per heavy atom. The van der Waals surface area contributed by atoms with E-state index in [9.17, 15) is 4.79 Å². The van der Waals surface area contributed by atoms with Crippen molar-refractivity contribution in [3.05, 3.63) is 40.4 Å². The van der Waals surface area contributed by atoms with E-state index in [2.05, 4.69) is 19.8 Å². The second-order valence-corrected chi connectivity index (χ2v) is 7.36. The summed E-state index contributed by atoms with van der Waals surface area (Å²) in [4.78, 5) is 15.9. The molecule has 1 aromatic carbocycles. The van der Waals surface area contributed by atoms with Crippen LogP contribution in [0.15, 0.2) is 24.3 Å². The van der Waals surface area contributed by atoms with Crippen molar-refractivity contribution >= 4 is 17.4 Å². The van der Waals surface area contributed by atoms with Crippen molar-refractivity contribution in [2.24, 2.45) is 0 Å². The van der Waals surface area contributed by atoms with E-state index in [0.29, 0.717) is 17.9 Å². The summed E-state index contributed by atoms with van der Waals surface area (Å²) < 4.78 is 10.3. The molecule has 1 amide bonds. The van der Waals surface area contributed by atoms with Gasteiger partial charge in [-0.2, -0.15) is 0 Å².